The summed E-state index contributed by atoms with van der Waals surface area (Å²) in [5.74, 6) is 3.93. The molecular formula is C42H28N6O. The standard InChI is InChI=1S/C42H28N6O/c1-5-13-27(14-6-1)37-43-38(28-15-7-2-8-16-28)46-41(45-37)31-21-23-35-33(25-31)34-26-32(22-24-36(34)49-35)42-47-39(29-17-9-3-10-18-29)44-40(48-42)30-19-11-4-12-20-30/h1-19,21-26,30H,20H2. The van der Waals surface area contributed by atoms with E-state index in [1.54, 1.807) is 0 Å². The van der Waals surface area contributed by atoms with Crippen molar-refractivity contribution >= 4 is 21.9 Å². The van der Waals surface area contributed by atoms with Crippen molar-refractivity contribution in [1.29, 1.82) is 0 Å². The molecule has 0 N–H and O–H groups in total. The van der Waals surface area contributed by atoms with Gasteiger partial charge in [-0.2, -0.15) is 0 Å². The molecule has 5 aromatic carbocycles. The molecule has 0 fully saturated rings. The van der Waals surface area contributed by atoms with E-state index in [9.17, 15) is 0 Å². The van der Waals surface area contributed by atoms with Crippen LogP contribution in [0.15, 0.2) is 156 Å². The minimum atomic E-state index is 0.0807. The van der Waals surface area contributed by atoms with Crippen LogP contribution in [0.1, 0.15) is 18.2 Å². The largest absolute Gasteiger partial charge is 0.456 e. The lowest BCUT2D eigenvalue weighted by molar-refractivity contribution is 0.669. The maximum atomic E-state index is 6.31. The van der Waals surface area contributed by atoms with E-state index in [0.29, 0.717) is 29.1 Å². The summed E-state index contributed by atoms with van der Waals surface area (Å²) < 4.78 is 6.31. The number of rotatable bonds is 6. The normalized spacial score (nSPS) is 14.1. The van der Waals surface area contributed by atoms with Gasteiger partial charge in [0.1, 0.15) is 17.0 Å². The van der Waals surface area contributed by atoms with Crippen molar-refractivity contribution < 1.29 is 4.42 Å². The first kappa shape index (κ1) is 28.6. The highest BCUT2D eigenvalue weighted by Gasteiger charge is 2.19. The molecule has 0 radical (unpaired) electrons. The van der Waals surface area contributed by atoms with Gasteiger partial charge in [0.25, 0.3) is 0 Å². The Balaban J connectivity index is 1.18. The van der Waals surface area contributed by atoms with E-state index in [4.69, 9.17) is 34.3 Å². The van der Waals surface area contributed by atoms with Crippen LogP contribution in [0, 0.1) is 0 Å². The summed E-state index contributed by atoms with van der Waals surface area (Å²) in [5, 5.41) is 1.91. The molecule has 7 heteroatoms. The third kappa shape index (κ3) is 5.57. The molecular weight excluding hydrogens is 605 g/mol. The monoisotopic (exact) mass is 632 g/mol. The number of fused-ring (bicyclic) bond motifs is 3. The maximum absolute atomic E-state index is 6.31. The molecule has 1 atom stereocenters. The van der Waals surface area contributed by atoms with E-state index in [1.165, 1.54) is 0 Å². The van der Waals surface area contributed by atoms with Crippen LogP contribution in [-0.2, 0) is 0 Å². The van der Waals surface area contributed by atoms with Gasteiger partial charge in [-0.3, -0.25) is 0 Å². The lowest BCUT2D eigenvalue weighted by Gasteiger charge is -2.14. The van der Waals surface area contributed by atoms with E-state index >= 15 is 0 Å². The number of furan rings is 1. The van der Waals surface area contributed by atoms with Gasteiger partial charge in [0.05, 0.1) is 0 Å². The van der Waals surface area contributed by atoms with E-state index in [1.807, 2.05) is 115 Å². The molecule has 1 unspecified atom stereocenters. The van der Waals surface area contributed by atoms with Crippen LogP contribution in [0.25, 0.3) is 78.9 Å². The second kappa shape index (κ2) is 12.2. The zero-order valence-electron chi connectivity index (χ0n) is 26.3. The van der Waals surface area contributed by atoms with Gasteiger partial charge >= 0.3 is 0 Å². The number of aromatic nitrogens is 6. The van der Waals surface area contributed by atoms with Gasteiger partial charge in [-0.15, -0.1) is 0 Å². The predicted octanol–water partition coefficient (Wildman–Crippen LogP) is 9.89. The minimum absolute atomic E-state index is 0.0807. The molecule has 0 saturated heterocycles. The average molecular weight is 633 g/mol. The zero-order chi connectivity index (χ0) is 32.6. The lowest BCUT2D eigenvalue weighted by Crippen LogP contribution is -2.07. The molecule has 0 amide bonds. The molecule has 3 aromatic heterocycles. The van der Waals surface area contributed by atoms with Crippen LogP contribution in [-0.4, -0.2) is 29.9 Å². The van der Waals surface area contributed by atoms with E-state index in [-0.39, 0.29) is 5.92 Å². The van der Waals surface area contributed by atoms with Crippen LogP contribution < -0.4 is 0 Å². The van der Waals surface area contributed by atoms with Crippen LogP contribution in [0.3, 0.4) is 0 Å². The van der Waals surface area contributed by atoms with Gasteiger partial charge in [-0.1, -0.05) is 115 Å². The van der Waals surface area contributed by atoms with Gasteiger partial charge in [0.2, 0.25) is 0 Å². The Labute approximate surface area is 282 Å². The molecule has 0 saturated carbocycles. The number of hydrogen-bond donors (Lipinski definition) is 0. The molecule has 49 heavy (non-hydrogen) atoms. The van der Waals surface area contributed by atoms with Crippen molar-refractivity contribution in [1.82, 2.24) is 29.9 Å². The fourth-order valence-electron chi connectivity index (χ4n) is 6.17. The van der Waals surface area contributed by atoms with E-state index in [0.717, 1.165) is 62.0 Å². The molecule has 0 bridgehead atoms. The van der Waals surface area contributed by atoms with Crippen molar-refractivity contribution in [2.75, 3.05) is 0 Å². The molecule has 1 aliphatic carbocycles. The van der Waals surface area contributed by atoms with Crippen LogP contribution in [0.5, 0.6) is 0 Å². The van der Waals surface area contributed by atoms with E-state index < -0.39 is 0 Å². The Kier molecular flexibility index (Phi) is 7.13. The van der Waals surface area contributed by atoms with Crippen LogP contribution in [0.2, 0.25) is 0 Å². The third-order valence-electron chi connectivity index (χ3n) is 8.68. The van der Waals surface area contributed by atoms with Crippen molar-refractivity contribution in [3.8, 4) is 56.9 Å². The molecule has 232 valence electrons. The smallest absolute Gasteiger partial charge is 0.164 e. The highest BCUT2D eigenvalue weighted by molar-refractivity contribution is 6.07. The number of benzene rings is 5. The molecule has 9 rings (SSSR count). The summed E-state index contributed by atoms with van der Waals surface area (Å²) in [6.45, 7) is 0. The number of nitrogens with zero attached hydrogens (tertiary/aromatic N) is 6. The quantitative estimate of drug-likeness (QED) is 0.180. The lowest BCUT2D eigenvalue weighted by atomic mass is 10.00. The summed E-state index contributed by atoms with van der Waals surface area (Å²) in [4.78, 5) is 29.6. The molecule has 8 aromatic rings. The molecule has 0 aliphatic heterocycles. The Hall–Kier alpha value is -6.60. The van der Waals surface area contributed by atoms with Crippen LogP contribution >= 0.6 is 0 Å². The first-order valence-corrected chi connectivity index (χ1v) is 16.2. The highest BCUT2D eigenvalue weighted by atomic mass is 16.3. The number of allylic oxidation sites excluding steroid dienone is 4. The average Bonchev–Trinajstić information content (AvgIpc) is 3.56. The molecule has 0 spiro atoms. The Bertz CT molecular complexity index is 2470. The highest BCUT2D eigenvalue weighted by Crippen LogP contribution is 2.35. The van der Waals surface area contributed by atoms with Gasteiger partial charge in [-0.05, 0) is 42.8 Å². The van der Waals surface area contributed by atoms with Crippen molar-refractivity contribution in [3.05, 3.63) is 158 Å². The SMILES string of the molecule is C1=CCC(c2nc(-c3ccccc3)nc(-c3ccc4oc5ccc(-c6nc(-c7ccccc7)nc(-c7ccccc7)n6)cc5c4c3)n2)C=C1. The van der Waals surface area contributed by atoms with Gasteiger partial charge < -0.3 is 4.42 Å². The Morgan fingerprint density at radius 1 is 0.429 bits per heavy atom. The predicted molar refractivity (Wildman–Crippen MR) is 193 cm³/mol. The van der Waals surface area contributed by atoms with E-state index in [2.05, 4.69) is 36.4 Å². The number of hydrogen-bond acceptors (Lipinski definition) is 7. The second-order valence-corrected chi connectivity index (χ2v) is 11.9. The molecule has 7 nitrogen and oxygen atoms in total. The minimum Gasteiger partial charge on any atom is -0.456 e. The second-order valence-electron chi connectivity index (χ2n) is 11.9. The van der Waals surface area contributed by atoms with Gasteiger partial charge in [0.15, 0.2) is 29.1 Å². The maximum Gasteiger partial charge on any atom is 0.164 e. The zero-order valence-corrected chi connectivity index (χ0v) is 26.3. The third-order valence-corrected chi connectivity index (χ3v) is 8.68. The Morgan fingerprint density at radius 2 is 0.857 bits per heavy atom. The Morgan fingerprint density at radius 3 is 1.31 bits per heavy atom. The molecule has 3 heterocycles. The first-order valence-electron chi connectivity index (χ1n) is 16.2. The summed E-state index contributed by atoms with van der Waals surface area (Å²) in [6, 6.07) is 42.2. The van der Waals surface area contributed by atoms with Crippen molar-refractivity contribution in [2.45, 2.75) is 12.3 Å². The fraction of sp³-hybridized carbons (Fsp3) is 0.0476. The van der Waals surface area contributed by atoms with Crippen molar-refractivity contribution in [3.63, 3.8) is 0 Å². The fourth-order valence-corrected chi connectivity index (χ4v) is 6.17. The van der Waals surface area contributed by atoms with Gasteiger partial charge in [-0.25, -0.2) is 29.9 Å². The van der Waals surface area contributed by atoms with Gasteiger partial charge in [0, 0.05) is 44.5 Å². The topological polar surface area (TPSA) is 90.5 Å². The first-order chi connectivity index (χ1) is 24.2. The summed E-state index contributed by atoms with van der Waals surface area (Å²) in [5.41, 5.74) is 6.10. The summed E-state index contributed by atoms with van der Waals surface area (Å²) in [7, 11) is 0. The molecule has 1 aliphatic rings. The summed E-state index contributed by atoms with van der Waals surface area (Å²) in [6.07, 6.45) is 9.26. The van der Waals surface area contributed by atoms with Crippen molar-refractivity contribution in [2.24, 2.45) is 0 Å². The van der Waals surface area contributed by atoms with Crippen LogP contribution in [0.4, 0.5) is 0 Å². The summed E-state index contributed by atoms with van der Waals surface area (Å²) >= 11 is 0.